The molecule has 26 heavy (non-hydrogen) atoms. The normalized spacial score (nSPS) is 10.7. The standard InChI is InChI=1S/C20H21N3O3/c1-14-6-5-8-17-16(14)13-22-23(17)20(25)11-10-19(24)21-12-15-7-3-4-9-18(15)26-2/h3-9,13H,10-12H2,1-2H3,(H,21,24). The minimum Gasteiger partial charge on any atom is -0.496 e. The van der Waals surface area contributed by atoms with Gasteiger partial charge in [0.25, 0.3) is 0 Å². The second-order valence-corrected chi connectivity index (χ2v) is 6.05. The first-order valence-electron chi connectivity index (χ1n) is 8.45. The van der Waals surface area contributed by atoms with Gasteiger partial charge in [-0.2, -0.15) is 5.10 Å². The van der Waals surface area contributed by atoms with E-state index in [4.69, 9.17) is 4.74 Å². The highest BCUT2D eigenvalue weighted by atomic mass is 16.5. The number of ether oxygens (including phenoxy) is 1. The highest BCUT2D eigenvalue weighted by Gasteiger charge is 2.13. The van der Waals surface area contributed by atoms with E-state index in [1.165, 1.54) is 4.68 Å². The fourth-order valence-corrected chi connectivity index (χ4v) is 2.85. The molecule has 0 atom stereocenters. The fourth-order valence-electron chi connectivity index (χ4n) is 2.85. The highest BCUT2D eigenvalue weighted by Crippen LogP contribution is 2.18. The molecule has 134 valence electrons. The number of aromatic nitrogens is 2. The summed E-state index contributed by atoms with van der Waals surface area (Å²) in [4.78, 5) is 24.5. The van der Waals surface area contributed by atoms with Gasteiger partial charge in [0.1, 0.15) is 5.75 Å². The maximum Gasteiger partial charge on any atom is 0.247 e. The second-order valence-electron chi connectivity index (χ2n) is 6.05. The van der Waals surface area contributed by atoms with E-state index in [9.17, 15) is 9.59 Å². The average molecular weight is 351 g/mol. The number of rotatable bonds is 6. The van der Waals surface area contributed by atoms with Crippen molar-refractivity contribution in [1.82, 2.24) is 15.1 Å². The first-order valence-corrected chi connectivity index (χ1v) is 8.45. The average Bonchev–Trinajstić information content (AvgIpc) is 3.10. The number of nitrogens with zero attached hydrogens (tertiary/aromatic N) is 2. The van der Waals surface area contributed by atoms with Gasteiger partial charge in [-0.1, -0.05) is 30.3 Å². The van der Waals surface area contributed by atoms with Gasteiger partial charge in [0.05, 0.1) is 18.8 Å². The summed E-state index contributed by atoms with van der Waals surface area (Å²) < 4.78 is 6.63. The van der Waals surface area contributed by atoms with Gasteiger partial charge >= 0.3 is 0 Å². The Hall–Kier alpha value is -3.15. The van der Waals surface area contributed by atoms with Crippen LogP contribution in [0.4, 0.5) is 0 Å². The van der Waals surface area contributed by atoms with E-state index in [-0.39, 0.29) is 24.7 Å². The van der Waals surface area contributed by atoms with Crippen LogP contribution in [0.2, 0.25) is 0 Å². The zero-order valence-corrected chi connectivity index (χ0v) is 14.9. The Morgan fingerprint density at radius 2 is 1.92 bits per heavy atom. The van der Waals surface area contributed by atoms with Crippen molar-refractivity contribution in [1.29, 1.82) is 0 Å². The molecule has 0 saturated carbocycles. The number of carbonyl (C=O) groups excluding carboxylic acids is 2. The molecule has 6 nitrogen and oxygen atoms in total. The summed E-state index contributed by atoms with van der Waals surface area (Å²) in [5, 5.41) is 7.93. The number of methoxy groups -OCH3 is 1. The third-order valence-corrected chi connectivity index (χ3v) is 4.30. The highest BCUT2D eigenvalue weighted by molar-refractivity contribution is 5.93. The zero-order chi connectivity index (χ0) is 18.5. The maximum atomic E-state index is 12.4. The minimum absolute atomic E-state index is 0.0997. The number of aryl methyl sites for hydroxylation is 1. The molecular weight excluding hydrogens is 330 g/mol. The number of para-hydroxylation sites is 1. The van der Waals surface area contributed by atoms with Crippen molar-refractivity contribution in [2.45, 2.75) is 26.3 Å². The molecular formula is C20H21N3O3. The molecule has 0 saturated heterocycles. The van der Waals surface area contributed by atoms with Crippen LogP contribution in [0.1, 0.15) is 28.8 Å². The molecule has 0 radical (unpaired) electrons. The molecule has 1 N–H and O–H groups in total. The van der Waals surface area contributed by atoms with Crippen LogP contribution in [0.25, 0.3) is 10.9 Å². The summed E-state index contributed by atoms with van der Waals surface area (Å²) in [5.41, 5.74) is 2.73. The maximum absolute atomic E-state index is 12.4. The van der Waals surface area contributed by atoms with E-state index in [0.717, 1.165) is 27.8 Å². The molecule has 0 aliphatic rings. The van der Waals surface area contributed by atoms with Crippen molar-refractivity contribution in [2.75, 3.05) is 7.11 Å². The van der Waals surface area contributed by atoms with Gasteiger partial charge in [0, 0.05) is 30.3 Å². The van der Waals surface area contributed by atoms with Crippen LogP contribution in [-0.2, 0) is 11.3 Å². The Morgan fingerprint density at radius 3 is 2.73 bits per heavy atom. The van der Waals surface area contributed by atoms with Crippen LogP contribution in [0, 0.1) is 6.92 Å². The quantitative estimate of drug-likeness (QED) is 0.741. The smallest absolute Gasteiger partial charge is 0.247 e. The molecule has 1 heterocycles. The monoisotopic (exact) mass is 351 g/mol. The van der Waals surface area contributed by atoms with E-state index in [1.54, 1.807) is 13.3 Å². The van der Waals surface area contributed by atoms with Crippen molar-refractivity contribution in [3.05, 3.63) is 59.8 Å². The van der Waals surface area contributed by atoms with E-state index in [1.807, 2.05) is 49.4 Å². The topological polar surface area (TPSA) is 73.2 Å². The fraction of sp³-hybridized carbons (Fsp3) is 0.250. The van der Waals surface area contributed by atoms with Crippen LogP contribution < -0.4 is 10.1 Å². The Morgan fingerprint density at radius 1 is 1.12 bits per heavy atom. The molecule has 3 aromatic rings. The number of fused-ring (bicyclic) bond motifs is 1. The van der Waals surface area contributed by atoms with Crippen LogP contribution in [0.5, 0.6) is 5.75 Å². The van der Waals surface area contributed by atoms with E-state index < -0.39 is 0 Å². The van der Waals surface area contributed by atoms with Gasteiger partial charge in [-0.3, -0.25) is 9.59 Å². The van der Waals surface area contributed by atoms with Gasteiger partial charge in [0.2, 0.25) is 11.8 Å². The van der Waals surface area contributed by atoms with Crippen LogP contribution >= 0.6 is 0 Å². The molecule has 3 rings (SSSR count). The summed E-state index contributed by atoms with van der Waals surface area (Å²) in [7, 11) is 1.59. The van der Waals surface area contributed by atoms with Crippen LogP contribution in [-0.4, -0.2) is 28.7 Å². The van der Waals surface area contributed by atoms with Crippen LogP contribution in [0.15, 0.2) is 48.7 Å². The van der Waals surface area contributed by atoms with Crippen molar-refractivity contribution >= 4 is 22.7 Å². The lowest BCUT2D eigenvalue weighted by Gasteiger charge is -2.09. The van der Waals surface area contributed by atoms with Gasteiger partial charge < -0.3 is 10.1 Å². The SMILES string of the molecule is COc1ccccc1CNC(=O)CCC(=O)n1ncc2c(C)cccc21. The lowest BCUT2D eigenvalue weighted by molar-refractivity contribution is -0.121. The third-order valence-electron chi connectivity index (χ3n) is 4.30. The Kier molecular flexibility index (Phi) is 5.31. The van der Waals surface area contributed by atoms with Gasteiger partial charge in [-0.25, -0.2) is 4.68 Å². The molecule has 1 aromatic heterocycles. The van der Waals surface area contributed by atoms with Crippen molar-refractivity contribution in [3.8, 4) is 5.75 Å². The number of hydrogen-bond donors (Lipinski definition) is 1. The Labute approximate surface area is 151 Å². The van der Waals surface area contributed by atoms with E-state index >= 15 is 0 Å². The zero-order valence-electron chi connectivity index (χ0n) is 14.9. The van der Waals surface area contributed by atoms with Crippen LogP contribution in [0.3, 0.4) is 0 Å². The summed E-state index contributed by atoms with van der Waals surface area (Å²) in [6.45, 7) is 2.34. The van der Waals surface area contributed by atoms with Crippen molar-refractivity contribution < 1.29 is 14.3 Å². The first-order chi connectivity index (χ1) is 12.6. The number of carbonyl (C=O) groups is 2. The molecule has 0 bridgehead atoms. The Bertz CT molecular complexity index is 946. The molecule has 0 aliphatic heterocycles. The first kappa shape index (κ1) is 17.7. The number of benzene rings is 2. The summed E-state index contributed by atoms with van der Waals surface area (Å²) in [6, 6.07) is 13.2. The number of hydrogen-bond acceptors (Lipinski definition) is 4. The molecule has 1 amide bonds. The molecule has 0 aliphatic carbocycles. The number of nitrogens with one attached hydrogen (secondary N) is 1. The predicted molar refractivity (Wildman–Crippen MR) is 99.2 cm³/mol. The predicted octanol–water partition coefficient (Wildman–Crippen LogP) is 3.09. The van der Waals surface area contributed by atoms with Crippen molar-refractivity contribution in [2.24, 2.45) is 0 Å². The molecule has 0 fully saturated rings. The second kappa shape index (κ2) is 7.82. The lowest BCUT2D eigenvalue weighted by Crippen LogP contribution is -2.24. The van der Waals surface area contributed by atoms with E-state index in [0.29, 0.717) is 6.54 Å². The molecule has 0 spiro atoms. The van der Waals surface area contributed by atoms with Gasteiger partial charge in [-0.05, 0) is 24.6 Å². The largest absolute Gasteiger partial charge is 0.496 e. The summed E-state index contributed by atoms with van der Waals surface area (Å²) in [6.07, 6.45) is 1.90. The molecule has 0 unspecified atom stereocenters. The summed E-state index contributed by atoms with van der Waals surface area (Å²) in [5.74, 6) is 0.345. The summed E-state index contributed by atoms with van der Waals surface area (Å²) >= 11 is 0. The number of amides is 1. The molecule has 2 aromatic carbocycles. The Balaban J connectivity index is 1.57. The van der Waals surface area contributed by atoms with E-state index in [2.05, 4.69) is 10.4 Å². The van der Waals surface area contributed by atoms with Gasteiger partial charge in [0.15, 0.2) is 0 Å². The minimum atomic E-state index is -0.196. The van der Waals surface area contributed by atoms with Gasteiger partial charge in [-0.15, -0.1) is 0 Å². The van der Waals surface area contributed by atoms with Crippen molar-refractivity contribution in [3.63, 3.8) is 0 Å². The lowest BCUT2D eigenvalue weighted by atomic mass is 10.1. The third kappa shape index (κ3) is 3.74. The molecule has 6 heteroatoms.